The summed E-state index contributed by atoms with van der Waals surface area (Å²) in [5.41, 5.74) is 0.0711. The number of hydrogen-bond acceptors (Lipinski definition) is 5. The Labute approximate surface area is 163 Å². The maximum atomic E-state index is 12.7. The van der Waals surface area contributed by atoms with Crippen LogP contribution >= 0.6 is 12.2 Å². The van der Waals surface area contributed by atoms with Gasteiger partial charge in [-0.3, -0.25) is 9.59 Å². The van der Waals surface area contributed by atoms with Crippen LogP contribution in [0.4, 0.5) is 0 Å². The smallest absolute Gasteiger partial charge is 0.313 e. The molecule has 2 aromatic heterocycles. The van der Waals surface area contributed by atoms with Gasteiger partial charge in [0.2, 0.25) is 0 Å². The summed E-state index contributed by atoms with van der Waals surface area (Å²) in [7, 11) is 0. The van der Waals surface area contributed by atoms with Gasteiger partial charge in [0.15, 0.2) is 11.5 Å². The van der Waals surface area contributed by atoms with E-state index in [-0.39, 0.29) is 23.2 Å². The molecule has 2 heterocycles. The van der Waals surface area contributed by atoms with Gasteiger partial charge in [-0.2, -0.15) is 0 Å². The number of hydrogen-bond donors (Lipinski definition) is 1. The van der Waals surface area contributed by atoms with Crippen molar-refractivity contribution in [3.05, 3.63) is 40.0 Å². The Morgan fingerprint density at radius 3 is 2.74 bits per heavy atom. The number of nitrogens with one attached hydrogen (secondary N) is 1. The molecule has 0 aliphatic rings. The van der Waals surface area contributed by atoms with Gasteiger partial charge < -0.3 is 19.0 Å². The summed E-state index contributed by atoms with van der Waals surface area (Å²) in [5.74, 6) is -0.412. The van der Waals surface area contributed by atoms with Crippen molar-refractivity contribution >= 4 is 29.2 Å². The summed E-state index contributed by atoms with van der Waals surface area (Å²) in [6.07, 6.45) is 3.92. The molecule has 0 fully saturated rings. The number of aromatic nitrogens is 3. The van der Waals surface area contributed by atoms with Crippen LogP contribution in [0.1, 0.15) is 34.1 Å². The van der Waals surface area contributed by atoms with E-state index in [2.05, 4.69) is 11.6 Å². The molecule has 8 heteroatoms. The van der Waals surface area contributed by atoms with E-state index < -0.39 is 11.4 Å². The molecule has 0 aliphatic carbocycles. The molecule has 0 aromatic carbocycles. The highest BCUT2D eigenvalue weighted by molar-refractivity contribution is 7.71. The predicted molar refractivity (Wildman–Crippen MR) is 107 cm³/mol. The Balaban J connectivity index is 2.33. The molecule has 0 aliphatic heterocycles. The molecular weight excluding hydrogens is 366 g/mol. The molecule has 0 atom stereocenters. The van der Waals surface area contributed by atoms with E-state index in [0.29, 0.717) is 30.6 Å². The molecule has 0 spiro atoms. The molecule has 2 aromatic rings. The lowest BCUT2D eigenvalue weighted by Crippen LogP contribution is -2.31. The lowest BCUT2D eigenvalue weighted by molar-refractivity contribution is -0.158. The van der Waals surface area contributed by atoms with Crippen molar-refractivity contribution in [3.8, 4) is 0 Å². The van der Waals surface area contributed by atoms with Crippen molar-refractivity contribution in [1.29, 1.82) is 0 Å². The van der Waals surface area contributed by atoms with Crippen LogP contribution in [0.5, 0.6) is 0 Å². The number of carbonyl (C=O) groups excluding carboxylic acids is 1. The second-order valence-electron chi connectivity index (χ2n) is 7.26. The van der Waals surface area contributed by atoms with E-state index in [1.54, 1.807) is 32.2 Å². The highest BCUT2D eigenvalue weighted by Crippen LogP contribution is 2.22. The van der Waals surface area contributed by atoms with Crippen LogP contribution < -0.4 is 5.56 Å². The predicted octanol–water partition coefficient (Wildman–Crippen LogP) is 3.39. The molecular formula is C19H27N3O4S. The van der Waals surface area contributed by atoms with Crippen LogP contribution in [-0.2, 0) is 27.5 Å². The molecule has 2 rings (SSSR count). The number of esters is 1. The van der Waals surface area contributed by atoms with Gasteiger partial charge in [-0.05, 0) is 52.4 Å². The first-order chi connectivity index (χ1) is 12.7. The molecule has 0 amide bonds. The largest absolute Gasteiger partial charge is 0.443 e. The Kier molecular flexibility index (Phi) is 6.78. The highest BCUT2D eigenvalue weighted by atomic mass is 32.1. The van der Waals surface area contributed by atoms with E-state index in [9.17, 15) is 9.59 Å². The lowest BCUT2D eigenvalue weighted by atomic mass is 9.90. The Morgan fingerprint density at radius 2 is 2.11 bits per heavy atom. The van der Waals surface area contributed by atoms with E-state index in [1.165, 1.54) is 4.57 Å². The molecule has 0 unspecified atom stereocenters. The average molecular weight is 394 g/mol. The minimum atomic E-state index is -0.718. The second-order valence-corrected chi connectivity index (χ2v) is 7.63. The number of rotatable bonds is 9. The van der Waals surface area contributed by atoms with E-state index in [1.807, 2.05) is 18.4 Å². The van der Waals surface area contributed by atoms with Crippen LogP contribution in [0.3, 0.4) is 0 Å². The number of H-pyrrole nitrogens is 1. The number of ether oxygens (including phenoxy) is 2. The minimum Gasteiger partial charge on any atom is -0.443 e. The Hall–Kier alpha value is -2.19. The zero-order valence-electron chi connectivity index (χ0n) is 16.3. The Bertz CT molecular complexity index is 937. The van der Waals surface area contributed by atoms with Crippen molar-refractivity contribution in [2.45, 2.75) is 53.5 Å². The maximum Gasteiger partial charge on any atom is 0.313 e. The number of aromatic amines is 1. The molecule has 148 valence electrons. The van der Waals surface area contributed by atoms with Gasteiger partial charge in [0.25, 0.3) is 5.56 Å². The number of allylic oxidation sites excluding steroid dienone is 1. The van der Waals surface area contributed by atoms with Crippen molar-refractivity contribution in [3.63, 3.8) is 0 Å². The van der Waals surface area contributed by atoms with Crippen molar-refractivity contribution in [1.82, 2.24) is 14.1 Å². The third-order valence-corrected chi connectivity index (χ3v) is 4.68. The Morgan fingerprint density at radius 1 is 1.41 bits per heavy atom. The van der Waals surface area contributed by atoms with E-state index in [0.717, 1.165) is 0 Å². The van der Waals surface area contributed by atoms with Crippen LogP contribution in [0.15, 0.2) is 29.7 Å². The number of carbonyl (C=O) groups is 1. The standard InChI is InChI=1S/C19H27N3O4S/c1-6-8-19(4,5)17(24)26-12-22-16(23)15-14(7-9-20-15)21(18(22)27)10-11-25-13(2)3/h6-7,9,13,20H,1,8,10-12H2,2-5H3. The fourth-order valence-electron chi connectivity index (χ4n) is 2.70. The molecule has 1 N–H and O–H groups in total. The summed E-state index contributed by atoms with van der Waals surface area (Å²) < 4.78 is 14.4. The summed E-state index contributed by atoms with van der Waals surface area (Å²) >= 11 is 5.50. The van der Waals surface area contributed by atoms with Gasteiger partial charge in [0, 0.05) is 12.7 Å². The summed E-state index contributed by atoms with van der Waals surface area (Å²) in [6, 6.07) is 1.80. The van der Waals surface area contributed by atoms with Gasteiger partial charge in [-0.1, -0.05) is 6.08 Å². The SMILES string of the molecule is C=CCC(C)(C)C(=O)OCn1c(=O)c2[nH]ccc2n(CCOC(C)C)c1=S. The van der Waals surface area contributed by atoms with Crippen LogP contribution in [-0.4, -0.2) is 32.8 Å². The number of nitrogens with zero attached hydrogens (tertiary/aromatic N) is 2. The zero-order valence-corrected chi connectivity index (χ0v) is 17.1. The van der Waals surface area contributed by atoms with E-state index >= 15 is 0 Å². The first-order valence-electron chi connectivity index (χ1n) is 8.89. The minimum absolute atomic E-state index is 0.0971. The maximum absolute atomic E-state index is 12.7. The topological polar surface area (TPSA) is 78.3 Å². The first kappa shape index (κ1) is 21.1. The van der Waals surface area contributed by atoms with Gasteiger partial charge in [-0.25, -0.2) is 4.57 Å². The summed E-state index contributed by atoms with van der Waals surface area (Å²) in [6.45, 7) is 11.8. The average Bonchev–Trinajstić information content (AvgIpc) is 3.07. The first-order valence-corrected chi connectivity index (χ1v) is 9.30. The summed E-state index contributed by atoms with van der Waals surface area (Å²) in [4.78, 5) is 28.0. The quantitative estimate of drug-likeness (QED) is 0.401. The fraction of sp³-hybridized carbons (Fsp3) is 0.526. The fourth-order valence-corrected chi connectivity index (χ4v) is 3.03. The molecule has 0 saturated carbocycles. The van der Waals surface area contributed by atoms with Crippen LogP contribution in [0, 0.1) is 10.2 Å². The molecule has 0 bridgehead atoms. The van der Waals surface area contributed by atoms with Gasteiger partial charge >= 0.3 is 5.97 Å². The van der Waals surface area contributed by atoms with Crippen molar-refractivity contribution < 1.29 is 14.3 Å². The normalized spacial score (nSPS) is 11.9. The van der Waals surface area contributed by atoms with Crippen molar-refractivity contribution in [2.24, 2.45) is 5.41 Å². The van der Waals surface area contributed by atoms with Crippen molar-refractivity contribution in [2.75, 3.05) is 6.61 Å². The van der Waals surface area contributed by atoms with Crippen LogP contribution in [0.25, 0.3) is 11.0 Å². The van der Waals surface area contributed by atoms with Crippen LogP contribution in [0.2, 0.25) is 0 Å². The highest BCUT2D eigenvalue weighted by Gasteiger charge is 2.28. The van der Waals surface area contributed by atoms with E-state index in [4.69, 9.17) is 21.7 Å². The molecule has 0 radical (unpaired) electrons. The summed E-state index contributed by atoms with van der Waals surface area (Å²) in [5, 5.41) is 0. The number of fused-ring (bicyclic) bond motifs is 1. The van der Waals surface area contributed by atoms with Gasteiger partial charge in [-0.15, -0.1) is 6.58 Å². The van der Waals surface area contributed by atoms with Gasteiger partial charge in [0.1, 0.15) is 5.52 Å². The monoisotopic (exact) mass is 393 g/mol. The molecule has 0 saturated heterocycles. The second kappa shape index (κ2) is 8.67. The third-order valence-electron chi connectivity index (χ3n) is 4.23. The molecule has 27 heavy (non-hydrogen) atoms. The molecule has 7 nitrogen and oxygen atoms in total. The zero-order chi connectivity index (χ0) is 20.2. The third kappa shape index (κ3) is 4.75. The lowest BCUT2D eigenvalue weighted by Gasteiger charge is -2.21. The van der Waals surface area contributed by atoms with Gasteiger partial charge in [0.05, 0.1) is 23.6 Å².